The predicted molar refractivity (Wildman–Crippen MR) is 95.1 cm³/mol. The molecule has 9 heteroatoms. The molecule has 1 aliphatic rings. The molecule has 1 aromatic rings. The number of esters is 1. The van der Waals surface area contributed by atoms with Gasteiger partial charge in [0, 0.05) is 38.0 Å². The molecule has 2 heterocycles. The van der Waals surface area contributed by atoms with Crippen molar-refractivity contribution in [2.45, 2.75) is 36.8 Å². The molecule has 0 aliphatic carbocycles. The van der Waals surface area contributed by atoms with Crippen LogP contribution in [0.5, 0.6) is 0 Å². The Morgan fingerprint density at radius 2 is 1.88 bits per heavy atom. The van der Waals surface area contributed by atoms with Gasteiger partial charge in [0.1, 0.15) is 4.21 Å². The minimum atomic E-state index is -3.65. The van der Waals surface area contributed by atoms with Gasteiger partial charge in [0.2, 0.25) is 5.91 Å². The highest BCUT2D eigenvalue weighted by molar-refractivity contribution is 7.91. The summed E-state index contributed by atoms with van der Waals surface area (Å²) in [5.74, 6) is -0.463. The van der Waals surface area contributed by atoms with Crippen molar-refractivity contribution in [1.29, 1.82) is 0 Å². The van der Waals surface area contributed by atoms with Crippen molar-refractivity contribution in [2.75, 3.05) is 33.3 Å². The first-order valence-electron chi connectivity index (χ1n) is 8.35. The summed E-state index contributed by atoms with van der Waals surface area (Å²) in [5.41, 5.74) is 0.232. The Morgan fingerprint density at radius 1 is 1.20 bits per heavy atom. The second-order valence-electron chi connectivity index (χ2n) is 5.89. The molecule has 0 aromatic carbocycles. The fraction of sp³-hybridized carbons (Fsp3) is 0.625. The summed E-state index contributed by atoms with van der Waals surface area (Å²) in [6.45, 7) is 3.43. The van der Waals surface area contributed by atoms with Crippen LogP contribution in [-0.4, -0.2) is 62.8 Å². The maximum Gasteiger partial charge on any atom is 0.338 e. The number of thiophene rings is 1. The largest absolute Gasteiger partial charge is 0.465 e. The maximum absolute atomic E-state index is 12.7. The number of rotatable bonds is 7. The Balaban J connectivity index is 1.96. The van der Waals surface area contributed by atoms with E-state index < -0.39 is 16.0 Å². The lowest BCUT2D eigenvalue weighted by molar-refractivity contribution is -0.132. The number of carbonyl (C=O) groups excluding carboxylic acids is 2. The van der Waals surface area contributed by atoms with Crippen LogP contribution in [0.25, 0.3) is 0 Å². The fourth-order valence-corrected chi connectivity index (χ4v) is 5.39. The van der Waals surface area contributed by atoms with Crippen molar-refractivity contribution in [3.05, 3.63) is 17.0 Å². The van der Waals surface area contributed by atoms with E-state index in [9.17, 15) is 18.0 Å². The van der Waals surface area contributed by atoms with E-state index in [2.05, 4.69) is 11.7 Å². The van der Waals surface area contributed by atoms with Gasteiger partial charge in [-0.05, 0) is 12.5 Å². The van der Waals surface area contributed by atoms with E-state index in [1.165, 1.54) is 22.9 Å². The number of methoxy groups -OCH3 is 1. The van der Waals surface area contributed by atoms with E-state index in [4.69, 9.17) is 0 Å². The number of nitrogens with zero attached hydrogens (tertiary/aromatic N) is 2. The van der Waals surface area contributed by atoms with Crippen molar-refractivity contribution in [1.82, 2.24) is 9.21 Å². The van der Waals surface area contributed by atoms with Gasteiger partial charge >= 0.3 is 5.97 Å². The number of carbonyl (C=O) groups is 2. The molecule has 0 atom stereocenters. The van der Waals surface area contributed by atoms with Crippen LogP contribution in [0.4, 0.5) is 0 Å². The Labute approximate surface area is 152 Å². The van der Waals surface area contributed by atoms with E-state index in [1.54, 1.807) is 4.90 Å². The van der Waals surface area contributed by atoms with Crippen LogP contribution in [0.2, 0.25) is 0 Å². The minimum Gasteiger partial charge on any atom is -0.465 e. The van der Waals surface area contributed by atoms with Crippen molar-refractivity contribution < 1.29 is 22.7 Å². The topological polar surface area (TPSA) is 84.0 Å². The highest BCUT2D eigenvalue weighted by Crippen LogP contribution is 2.25. The third-order valence-electron chi connectivity index (χ3n) is 4.18. The Kier molecular flexibility index (Phi) is 6.97. The molecule has 0 N–H and O–H groups in total. The Bertz CT molecular complexity index is 706. The Morgan fingerprint density at radius 3 is 2.48 bits per heavy atom. The zero-order chi connectivity index (χ0) is 18.4. The molecule has 1 amide bonds. The number of piperazine rings is 1. The SMILES string of the molecule is CCCCCC(=O)N1CCN(S(=O)(=O)c2cc(C(=O)OC)cs2)CC1. The average Bonchev–Trinajstić information content (AvgIpc) is 3.12. The molecule has 1 saturated heterocycles. The quantitative estimate of drug-likeness (QED) is 0.527. The summed E-state index contributed by atoms with van der Waals surface area (Å²) in [6, 6.07) is 1.34. The van der Waals surface area contributed by atoms with Gasteiger partial charge < -0.3 is 9.64 Å². The highest BCUT2D eigenvalue weighted by Gasteiger charge is 2.31. The molecule has 1 fully saturated rings. The zero-order valence-corrected chi connectivity index (χ0v) is 16.2. The van der Waals surface area contributed by atoms with E-state index in [0.29, 0.717) is 19.5 Å². The normalized spacial score (nSPS) is 16.0. The first-order valence-corrected chi connectivity index (χ1v) is 10.7. The van der Waals surface area contributed by atoms with Crippen molar-refractivity contribution in [3.8, 4) is 0 Å². The standard InChI is InChI=1S/C16H24N2O5S2/c1-3-4-5-6-14(19)17-7-9-18(10-8-17)25(21,22)15-11-13(12-24-15)16(20)23-2/h11-12H,3-10H2,1-2H3. The van der Waals surface area contributed by atoms with Crippen LogP contribution in [0.1, 0.15) is 43.0 Å². The highest BCUT2D eigenvalue weighted by atomic mass is 32.2. The molecular weight excluding hydrogens is 364 g/mol. The molecule has 25 heavy (non-hydrogen) atoms. The third kappa shape index (κ3) is 4.80. The van der Waals surface area contributed by atoms with Crippen LogP contribution in [0, 0.1) is 0 Å². The summed E-state index contributed by atoms with van der Waals surface area (Å²) in [4.78, 5) is 25.3. The first-order chi connectivity index (χ1) is 11.9. The fourth-order valence-electron chi connectivity index (χ4n) is 2.67. The van der Waals surface area contributed by atoms with Gasteiger partial charge in [-0.2, -0.15) is 4.31 Å². The van der Waals surface area contributed by atoms with Gasteiger partial charge in [-0.3, -0.25) is 4.79 Å². The molecule has 7 nitrogen and oxygen atoms in total. The van der Waals surface area contributed by atoms with Crippen LogP contribution >= 0.6 is 11.3 Å². The lowest BCUT2D eigenvalue weighted by Gasteiger charge is -2.33. The van der Waals surface area contributed by atoms with E-state index in [1.807, 2.05) is 0 Å². The van der Waals surface area contributed by atoms with Crippen molar-refractivity contribution in [2.24, 2.45) is 0 Å². The number of sulfonamides is 1. The van der Waals surface area contributed by atoms with Crippen LogP contribution in [0.15, 0.2) is 15.7 Å². The lowest BCUT2D eigenvalue weighted by atomic mass is 10.2. The summed E-state index contributed by atoms with van der Waals surface area (Å²) in [7, 11) is -2.39. The van der Waals surface area contributed by atoms with Crippen LogP contribution < -0.4 is 0 Å². The lowest BCUT2D eigenvalue weighted by Crippen LogP contribution is -2.50. The number of unbranched alkanes of at least 4 members (excludes halogenated alkanes) is 2. The van der Waals surface area contributed by atoms with Gasteiger partial charge in [0.15, 0.2) is 0 Å². The number of amides is 1. The molecule has 1 aromatic heterocycles. The minimum absolute atomic E-state index is 0.0922. The summed E-state index contributed by atoms with van der Waals surface area (Å²) < 4.78 is 31.5. The molecule has 0 bridgehead atoms. The number of ether oxygens (including phenoxy) is 1. The van der Waals surface area contributed by atoms with Gasteiger partial charge in [-0.25, -0.2) is 13.2 Å². The van der Waals surface area contributed by atoms with Gasteiger partial charge in [0.05, 0.1) is 12.7 Å². The van der Waals surface area contributed by atoms with E-state index in [0.717, 1.165) is 30.6 Å². The first kappa shape index (κ1) is 19.9. The number of hydrogen-bond donors (Lipinski definition) is 0. The third-order valence-corrected chi connectivity index (χ3v) is 7.49. The van der Waals surface area contributed by atoms with E-state index >= 15 is 0 Å². The van der Waals surface area contributed by atoms with Crippen molar-refractivity contribution in [3.63, 3.8) is 0 Å². The molecule has 0 saturated carbocycles. The zero-order valence-electron chi connectivity index (χ0n) is 14.6. The summed E-state index contributed by atoms with van der Waals surface area (Å²) in [6.07, 6.45) is 3.49. The van der Waals surface area contributed by atoms with Crippen LogP contribution in [0.3, 0.4) is 0 Å². The van der Waals surface area contributed by atoms with Gasteiger partial charge in [-0.1, -0.05) is 19.8 Å². The summed E-state index contributed by atoms with van der Waals surface area (Å²) >= 11 is 1.00. The Hall–Kier alpha value is -1.45. The number of hydrogen-bond acceptors (Lipinski definition) is 6. The van der Waals surface area contributed by atoms with Gasteiger partial charge in [-0.15, -0.1) is 11.3 Å². The van der Waals surface area contributed by atoms with Gasteiger partial charge in [0.25, 0.3) is 10.0 Å². The molecule has 140 valence electrons. The molecule has 0 spiro atoms. The van der Waals surface area contributed by atoms with E-state index in [-0.39, 0.29) is 28.8 Å². The molecule has 2 rings (SSSR count). The second-order valence-corrected chi connectivity index (χ2v) is 8.96. The second kappa shape index (κ2) is 8.77. The molecular formula is C16H24N2O5S2. The molecule has 1 aliphatic heterocycles. The molecule has 0 unspecified atom stereocenters. The molecule has 0 radical (unpaired) electrons. The monoisotopic (exact) mass is 388 g/mol. The maximum atomic E-state index is 12.7. The van der Waals surface area contributed by atoms with Crippen LogP contribution in [-0.2, 0) is 19.6 Å². The average molecular weight is 389 g/mol. The smallest absolute Gasteiger partial charge is 0.338 e. The summed E-state index contributed by atoms with van der Waals surface area (Å²) in [5, 5.41) is 1.48. The van der Waals surface area contributed by atoms with Crippen molar-refractivity contribution >= 4 is 33.2 Å². The predicted octanol–water partition coefficient (Wildman–Crippen LogP) is 1.95.